The van der Waals surface area contributed by atoms with Gasteiger partial charge in [-0.1, -0.05) is 6.07 Å². The molecule has 1 aliphatic rings. The molecule has 104 valence electrons. The van der Waals surface area contributed by atoms with E-state index in [2.05, 4.69) is 17.1 Å². The van der Waals surface area contributed by atoms with E-state index in [9.17, 15) is 9.90 Å². The van der Waals surface area contributed by atoms with Crippen molar-refractivity contribution in [3.63, 3.8) is 0 Å². The zero-order valence-corrected chi connectivity index (χ0v) is 11.3. The Kier molecular flexibility index (Phi) is 4.39. The predicted molar refractivity (Wildman–Crippen MR) is 73.5 cm³/mol. The maximum atomic E-state index is 11.6. The van der Waals surface area contributed by atoms with Gasteiger partial charge in [-0.25, -0.2) is 4.79 Å². The average Bonchev–Trinajstić information content (AvgIpc) is 2.59. The van der Waals surface area contributed by atoms with Crippen LogP contribution in [0, 0.1) is 0 Å². The summed E-state index contributed by atoms with van der Waals surface area (Å²) in [6.07, 6.45) is -0.410. The molecular weight excluding hydrogens is 244 g/mol. The lowest BCUT2D eigenvalue weighted by Gasteiger charge is -2.30. The number of β-amino-alcohol motifs (C(OH)–C–C–N with tert-alkyl or cyclic N) is 1. The summed E-state index contributed by atoms with van der Waals surface area (Å²) in [6.45, 7) is 4.05. The van der Waals surface area contributed by atoms with Crippen molar-refractivity contribution in [2.24, 2.45) is 0 Å². The van der Waals surface area contributed by atoms with Crippen LogP contribution in [0.25, 0.3) is 0 Å². The number of hydrogen-bond donors (Lipinski definition) is 2. The largest absolute Gasteiger partial charge is 0.465 e. The fraction of sp³-hybridized carbons (Fsp3) is 0.500. The third-order valence-corrected chi connectivity index (χ3v) is 3.36. The summed E-state index contributed by atoms with van der Waals surface area (Å²) in [5.74, 6) is -0.344. The normalized spacial score (nSPS) is 23.8. The van der Waals surface area contributed by atoms with Crippen LogP contribution in [0.5, 0.6) is 0 Å². The van der Waals surface area contributed by atoms with E-state index in [1.807, 2.05) is 12.1 Å². The highest BCUT2D eigenvalue weighted by Crippen LogP contribution is 2.20. The first-order valence-corrected chi connectivity index (χ1v) is 6.45. The number of aliphatic hydroxyl groups is 1. The molecule has 1 aliphatic heterocycles. The molecule has 0 amide bonds. The number of rotatable bonds is 2. The van der Waals surface area contributed by atoms with E-state index in [1.54, 1.807) is 12.1 Å². The van der Waals surface area contributed by atoms with E-state index in [0.717, 1.165) is 12.2 Å². The van der Waals surface area contributed by atoms with Crippen LogP contribution in [0.15, 0.2) is 24.3 Å². The Morgan fingerprint density at radius 3 is 3.00 bits per heavy atom. The van der Waals surface area contributed by atoms with Crippen molar-refractivity contribution in [3.05, 3.63) is 29.8 Å². The molecule has 2 atom stereocenters. The summed E-state index contributed by atoms with van der Waals surface area (Å²) < 4.78 is 4.73. The van der Waals surface area contributed by atoms with Crippen LogP contribution in [0.1, 0.15) is 17.3 Å². The summed E-state index contributed by atoms with van der Waals surface area (Å²) in [4.78, 5) is 13.7. The maximum Gasteiger partial charge on any atom is 0.337 e. The number of carbonyl (C=O) groups is 1. The van der Waals surface area contributed by atoms with Gasteiger partial charge in [0.05, 0.1) is 18.8 Å². The Bertz CT molecular complexity index is 450. The molecule has 1 aromatic carbocycles. The zero-order valence-electron chi connectivity index (χ0n) is 11.3. The van der Waals surface area contributed by atoms with Crippen molar-refractivity contribution in [2.45, 2.75) is 19.1 Å². The second-order valence-electron chi connectivity index (χ2n) is 4.86. The molecule has 0 aromatic heterocycles. The number of hydrogen-bond acceptors (Lipinski definition) is 5. The number of methoxy groups -OCH3 is 1. The third-order valence-electron chi connectivity index (χ3n) is 3.36. The highest BCUT2D eigenvalue weighted by molar-refractivity contribution is 5.90. The van der Waals surface area contributed by atoms with Gasteiger partial charge < -0.3 is 20.1 Å². The maximum absolute atomic E-state index is 11.6. The van der Waals surface area contributed by atoms with Crippen LogP contribution < -0.4 is 10.2 Å². The number of esters is 1. The number of carbonyl (C=O) groups excluding carboxylic acids is 1. The van der Waals surface area contributed by atoms with Gasteiger partial charge in [0.25, 0.3) is 0 Å². The molecule has 1 saturated heterocycles. The van der Waals surface area contributed by atoms with E-state index in [1.165, 1.54) is 7.11 Å². The number of anilines is 1. The minimum atomic E-state index is -0.410. The molecule has 2 unspecified atom stereocenters. The van der Waals surface area contributed by atoms with Crippen molar-refractivity contribution in [2.75, 3.05) is 31.6 Å². The predicted octanol–water partition coefficient (Wildman–Crippen LogP) is 0.632. The smallest absolute Gasteiger partial charge is 0.337 e. The standard InChI is InChI=1S/C14H20N2O3/c1-10-7-15-8-13(17)9-16(10)12-5-3-4-11(6-12)14(18)19-2/h3-6,10,13,15,17H,7-9H2,1-2H3. The van der Waals surface area contributed by atoms with Crippen molar-refractivity contribution in [3.8, 4) is 0 Å². The summed E-state index contributed by atoms with van der Waals surface area (Å²) >= 11 is 0. The molecule has 0 aliphatic carbocycles. The minimum absolute atomic E-state index is 0.255. The zero-order chi connectivity index (χ0) is 13.8. The highest BCUT2D eigenvalue weighted by atomic mass is 16.5. The third kappa shape index (κ3) is 3.24. The lowest BCUT2D eigenvalue weighted by molar-refractivity contribution is 0.0601. The number of ether oxygens (including phenoxy) is 1. The highest BCUT2D eigenvalue weighted by Gasteiger charge is 2.22. The molecule has 5 heteroatoms. The van der Waals surface area contributed by atoms with E-state index in [-0.39, 0.29) is 12.0 Å². The van der Waals surface area contributed by atoms with Gasteiger partial charge in [0.2, 0.25) is 0 Å². The van der Waals surface area contributed by atoms with Crippen molar-refractivity contribution in [1.29, 1.82) is 0 Å². The van der Waals surface area contributed by atoms with Crippen LogP contribution in [0.2, 0.25) is 0 Å². The Balaban J connectivity index is 2.26. The van der Waals surface area contributed by atoms with Gasteiger partial charge in [-0.15, -0.1) is 0 Å². The van der Waals surface area contributed by atoms with Gasteiger partial charge in [0.15, 0.2) is 0 Å². The number of aliphatic hydroxyl groups excluding tert-OH is 1. The average molecular weight is 264 g/mol. The summed E-state index contributed by atoms with van der Waals surface area (Å²) in [5, 5.41) is 13.1. The first-order valence-electron chi connectivity index (χ1n) is 6.45. The molecule has 0 radical (unpaired) electrons. The summed E-state index contributed by atoms with van der Waals surface area (Å²) in [5.41, 5.74) is 1.46. The van der Waals surface area contributed by atoms with Crippen molar-refractivity contribution in [1.82, 2.24) is 5.32 Å². The minimum Gasteiger partial charge on any atom is -0.465 e. The Morgan fingerprint density at radius 1 is 1.47 bits per heavy atom. The number of nitrogens with zero attached hydrogens (tertiary/aromatic N) is 1. The quantitative estimate of drug-likeness (QED) is 0.767. The van der Waals surface area contributed by atoms with E-state index in [4.69, 9.17) is 4.74 Å². The first kappa shape index (κ1) is 13.8. The molecule has 2 rings (SSSR count). The Labute approximate surface area is 113 Å². The Hall–Kier alpha value is -1.59. The van der Waals surface area contributed by atoms with E-state index in [0.29, 0.717) is 18.7 Å². The van der Waals surface area contributed by atoms with Crippen LogP contribution in [0.4, 0.5) is 5.69 Å². The second-order valence-corrected chi connectivity index (χ2v) is 4.86. The van der Waals surface area contributed by atoms with Gasteiger partial charge in [0, 0.05) is 31.4 Å². The topological polar surface area (TPSA) is 61.8 Å². The fourth-order valence-electron chi connectivity index (χ4n) is 2.33. The molecule has 19 heavy (non-hydrogen) atoms. The molecule has 0 saturated carbocycles. The SMILES string of the molecule is COC(=O)c1cccc(N2CC(O)CNCC2C)c1. The monoisotopic (exact) mass is 264 g/mol. The fourth-order valence-corrected chi connectivity index (χ4v) is 2.33. The van der Waals surface area contributed by atoms with Crippen molar-refractivity contribution >= 4 is 11.7 Å². The molecule has 1 aromatic rings. The lowest BCUT2D eigenvalue weighted by atomic mass is 10.1. The molecule has 0 bridgehead atoms. The number of benzene rings is 1. The summed E-state index contributed by atoms with van der Waals surface area (Å²) in [6, 6.07) is 7.57. The Morgan fingerprint density at radius 2 is 2.26 bits per heavy atom. The van der Waals surface area contributed by atoms with Gasteiger partial charge in [-0.3, -0.25) is 0 Å². The molecular formula is C14H20N2O3. The molecule has 1 heterocycles. The van der Waals surface area contributed by atoms with Crippen LogP contribution in [-0.2, 0) is 4.74 Å². The summed E-state index contributed by atoms with van der Waals surface area (Å²) in [7, 11) is 1.37. The molecule has 0 spiro atoms. The molecule has 2 N–H and O–H groups in total. The van der Waals surface area contributed by atoms with Gasteiger partial charge in [-0.2, -0.15) is 0 Å². The molecule has 1 fully saturated rings. The molecule has 5 nitrogen and oxygen atoms in total. The van der Waals surface area contributed by atoms with Gasteiger partial charge in [-0.05, 0) is 25.1 Å². The lowest BCUT2D eigenvalue weighted by Crippen LogP contribution is -2.39. The first-order chi connectivity index (χ1) is 9.11. The van der Waals surface area contributed by atoms with Crippen LogP contribution >= 0.6 is 0 Å². The van der Waals surface area contributed by atoms with E-state index < -0.39 is 6.10 Å². The van der Waals surface area contributed by atoms with E-state index >= 15 is 0 Å². The number of nitrogens with one attached hydrogen (secondary N) is 1. The van der Waals surface area contributed by atoms with Gasteiger partial charge >= 0.3 is 5.97 Å². The van der Waals surface area contributed by atoms with Crippen molar-refractivity contribution < 1.29 is 14.6 Å². The second kappa shape index (κ2) is 6.04. The van der Waals surface area contributed by atoms with Crippen LogP contribution in [-0.4, -0.2) is 50.0 Å². The van der Waals surface area contributed by atoms with Gasteiger partial charge in [0.1, 0.15) is 0 Å². The van der Waals surface area contributed by atoms with Crippen LogP contribution in [0.3, 0.4) is 0 Å².